The van der Waals surface area contributed by atoms with Gasteiger partial charge >= 0.3 is 0 Å². The van der Waals surface area contributed by atoms with E-state index in [0.717, 1.165) is 6.54 Å². The lowest BCUT2D eigenvalue weighted by atomic mass is 10.1. The molecule has 0 aromatic heterocycles. The van der Waals surface area contributed by atoms with E-state index in [1.54, 1.807) is 0 Å². The monoisotopic (exact) mass is 244 g/mol. The Morgan fingerprint density at radius 3 is 1.29 bits per heavy atom. The van der Waals surface area contributed by atoms with Gasteiger partial charge in [-0.1, -0.05) is 58.3 Å². The smallest absolute Gasteiger partial charge is 0.00686 e. The van der Waals surface area contributed by atoms with Crippen LogP contribution in [-0.2, 0) is 0 Å². The van der Waals surface area contributed by atoms with Crippen LogP contribution >= 0.6 is 0 Å². The Kier molecular flexibility index (Phi) is 15.8. The maximum Gasteiger partial charge on any atom is 0.00686 e. The van der Waals surface area contributed by atoms with E-state index in [0.29, 0.717) is 0 Å². The summed E-state index contributed by atoms with van der Waals surface area (Å²) in [5.74, 6) is 0. The summed E-state index contributed by atoms with van der Waals surface area (Å²) in [5, 5.41) is 0. The van der Waals surface area contributed by atoms with Gasteiger partial charge in [0.2, 0.25) is 0 Å². The van der Waals surface area contributed by atoms with Crippen molar-refractivity contribution in [3.63, 3.8) is 0 Å². The number of rotatable bonds is 9. The first kappa shape index (κ1) is 19.3. The third kappa shape index (κ3) is 38.8. The Hall–Kier alpha value is -0.0800. The van der Waals surface area contributed by atoms with Crippen LogP contribution in [0.5, 0.6) is 0 Å². The van der Waals surface area contributed by atoms with Gasteiger partial charge in [-0.05, 0) is 33.7 Å². The van der Waals surface area contributed by atoms with Crippen molar-refractivity contribution < 1.29 is 0 Å². The minimum absolute atomic E-state index is 0. The predicted octanol–water partition coefficient (Wildman–Crippen LogP) is 4.22. The molecule has 0 saturated carbocycles. The molecule has 4 N–H and O–H groups in total. The zero-order chi connectivity index (χ0) is 13.6. The van der Waals surface area contributed by atoms with Crippen molar-refractivity contribution in [2.75, 3.05) is 6.54 Å². The van der Waals surface area contributed by atoms with Crippen molar-refractivity contribution in [1.82, 2.24) is 0 Å². The molecule has 0 spiro atoms. The van der Waals surface area contributed by atoms with Crippen LogP contribution in [-0.4, -0.2) is 12.1 Å². The normalized spacial score (nSPS) is 10.9. The van der Waals surface area contributed by atoms with Crippen LogP contribution in [0.1, 0.15) is 85.5 Å². The van der Waals surface area contributed by atoms with E-state index in [-0.39, 0.29) is 5.54 Å². The highest BCUT2D eigenvalue weighted by atomic mass is 14.7. The molecule has 0 bridgehead atoms. The van der Waals surface area contributed by atoms with E-state index in [2.05, 4.69) is 6.92 Å². The number of nitrogens with two attached hydrogens (primary N) is 2. The van der Waals surface area contributed by atoms with Crippen LogP contribution < -0.4 is 11.5 Å². The Morgan fingerprint density at radius 2 is 1.00 bits per heavy atom. The molecular formula is C15H36N2. The number of unbranched alkanes of at least 4 members (excludes halogenated alkanes) is 8. The average Bonchev–Trinajstić information content (AvgIpc) is 2.20. The molecule has 2 nitrogen and oxygen atoms in total. The van der Waals surface area contributed by atoms with Crippen molar-refractivity contribution in [3.8, 4) is 0 Å². The molecule has 0 aromatic rings. The summed E-state index contributed by atoms with van der Waals surface area (Å²) < 4.78 is 0. The van der Waals surface area contributed by atoms with Crippen LogP contribution in [0.25, 0.3) is 0 Å². The predicted molar refractivity (Wildman–Crippen MR) is 80.2 cm³/mol. The Balaban J connectivity index is 0. The summed E-state index contributed by atoms with van der Waals surface area (Å²) in [5.41, 5.74) is 10.8. The second kappa shape index (κ2) is 14.0. The lowest BCUT2D eigenvalue weighted by molar-refractivity contribution is 0.567. The molecule has 0 amide bonds. The molecule has 0 aliphatic carbocycles. The molecule has 17 heavy (non-hydrogen) atoms. The molecule has 0 fully saturated rings. The highest BCUT2D eigenvalue weighted by molar-refractivity contribution is 4.60. The van der Waals surface area contributed by atoms with Gasteiger partial charge in [0.25, 0.3) is 0 Å². The topological polar surface area (TPSA) is 52.0 Å². The quantitative estimate of drug-likeness (QED) is 0.597. The van der Waals surface area contributed by atoms with E-state index in [9.17, 15) is 0 Å². The number of hydrogen-bond acceptors (Lipinski definition) is 2. The largest absolute Gasteiger partial charge is 0.330 e. The van der Waals surface area contributed by atoms with Crippen molar-refractivity contribution >= 4 is 0 Å². The van der Waals surface area contributed by atoms with Gasteiger partial charge in [-0.3, -0.25) is 0 Å². The summed E-state index contributed by atoms with van der Waals surface area (Å²) >= 11 is 0. The van der Waals surface area contributed by atoms with E-state index in [1.807, 2.05) is 20.8 Å². The first-order valence-corrected chi connectivity index (χ1v) is 7.40. The van der Waals surface area contributed by atoms with Gasteiger partial charge in [0.15, 0.2) is 0 Å². The fourth-order valence-electron chi connectivity index (χ4n) is 1.45. The number of hydrogen-bond donors (Lipinski definition) is 2. The van der Waals surface area contributed by atoms with E-state index < -0.39 is 0 Å². The molecule has 2 heteroatoms. The maximum atomic E-state index is 5.41. The second-order valence-corrected chi connectivity index (χ2v) is 5.98. The van der Waals surface area contributed by atoms with Gasteiger partial charge < -0.3 is 11.5 Å². The molecule has 0 aliphatic heterocycles. The Labute approximate surface area is 110 Å². The minimum atomic E-state index is 0. The average molecular weight is 244 g/mol. The molecule has 0 aromatic carbocycles. The molecule has 0 aliphatic rings. The van der Waals surface area contributed by atoms with Crippen molar-refractivity contribution in [1.29, 1.82) is 0 Å². The van der Waals surface area contributed by atoms with Gasteiger partial charge in [0.1, 0.15) is 0 Å². The summed E-state index contributed by atoms with van der Waals surface area (Å²) in [6.45, 7) is 9.03. The lowest BCUT2D eigenvalue weighted by Gasteiger charge is -2.06. The van der Waals surface area contributed by atoms with Gasteiger partial charge in [-0.2, -0.15) is 0 Å². The van der Waals surface area contributed by atoms with Crippen LogP contribution in [0.2, 0.25) is 0 Å². The first-order chi connectivity index (χ1) is 7.91. The lowest BCUT2D eigenvalue weighted by Crippen LogP contribution is -2.26. The fraction of sp³-hybridized carbons (Fsp3) is 1.00. The SMILES string of the molecule is CC(C)(C)N.CCCCCCCCCCCN. The fourth-order valence-corrected chi connectivity index (χ4v) is 1.45. The van der Waals surface area contributed by atoms with Gasteiger partial charge in [-0.15, -0.1) is 0 Å². The summed E-state index contributed by atoms with van der Waals surface area (Å²) in [4.78, 5) is 0. The highest BCUT2D eigenvalue weighted by Crippen LogP contribution is 2.08. The molecule has 106 valence electrons. The van der Waals surface area contributed by atoms with Gasteiger partial charge in [0.05, 0.1) is 0 Å². The van der Waals surface area contributed by atoms with E-state index in [1.165, 1.54) is 57.8 Å². The van der Waals surface area contributed by atoms with Crippen molar-refractivity contribution in [3.05, 3.63) is 0 Å². The third-order valence-corrected chi connectivity index (χ3v) is 2.31. The van der Waals surface area contributed by atoms with Crippen LogP contribution in [0, 0.1) is 0 Å². The maximum absolute atomic E-state index is 5.41. The second-order valence-electron chi connectivity index (χ2n) is 5.98. The highest BCUT2D eigenvalue weighted by Gasteiger charge is 1.95. The van der Waals surface area contributed by atoms with Gasteiger partial charge in [-0.25, -0.2) is 0 Å². The summed E-state index contributed by atoms with van der Waals surface area (Å²) in [6.07, 6.45) is 12.5. The van der Waals surface area contributed by atoms with Crippen LogP contribution in [0.4, 0.5) is 0 Å². The van der Waals surface area contributed by atoms with Crippen LogP contribution in [0.15, 0.2) is 0 Å². The van der Waals surface area contributed by atoms with Crippen LogP contribution in [0.3, 0.4) is 0 Å². The molecule has 0 radical (unpaired) electrons. The van der Waals surface area contributed by atoms with Crippen molar-refractivity contribution in [2.45, 2.75) is 91.0 Å². The molecule has 0 heterocycles. The molecular weight excluding hydrogens is 208 g/mol. The Bertz CT molecular complexity index is 111. The van der Waals surface area contributed by atoms with Crippen molar-refractivity contribution in [2.24, 2.45) is 11.5 Å². The van der Waals surface area contributed by atoms with E-state index >= 15 is 0 Å². The minimum Gasteiger partial charge on any atom is -0.330 e. The standard InChI is InChI=1S/C11H25N.C4H11N/c1-2-3-4-5-6-7-8-9-10-11-12;1-4(2,3)5/h2-12H2,1H3;5H2,1-3H3. The summed E-state index contributed by atoms with van der Waals surface area (Å²) in [6, 6.07) is 0. The molecule has 0 unspecified atom stereocenters. The zero-order valence-corrected chi connectivity index (χ0v) is 12.7. The van der Waals surface area contributed by atoms with Gasteiger partial charge in [0, 0.05) is 5.54 Å². The molecule has 0 rings (SSSR count). The Morgan fingerprint density at radius 1 is 0.706 bits per heavy atom. The van der Waals surface area contributed by atoms with E-state index in [4.69, 9.17) is 11.5 Å². The molecule has 0 saturated heterocycles. The first-order valence-electron chi connectivity index (χ1n) is 7.40. The summed E-state index contributed by atoms with van der Waals surface area (Å²) in [7, 11) is 0. The zero-order valence-electron chi connectivity index (χ0n) is 12.7. The molecule has 0 atom stereocenters. The third-order valence-electron chi connectivity index (χ3n) is 2.31.